The normalized spacial score (nSPS) is 13.3. The molecule has 200 valence electrons. The first kappa shape index (κ1) is 25.9. The largest absolute Gasteiger partial charge is 0.494 e. The number of rotatable bonds is 12. The molecular weight excluding hydrogens is 508 g/mol. The third-order valence-electron chi connectivity index (χ3n) is 6.38. The maximum atomic E-state index is 11.4. The molecule has 11 nitrogen and oxygen atoms in total. The van der Waals surface area contributed by atoms with Crippen molar-refractivity contribution in [1.29, 1.82) is 0 Å². The Hall–Kier alpha value is -3.77. The number of imidazole rings is 1. The summed E-state index contributed by atoms with van der Waals surface area (Å²) in [4.78, 5) is 19.3. The average Bonchev–Trinajstić information content (AvgIpc) is 3.69. The predicted molar refractivity (Wildman–Crippen MR) is 142 cm³/mol. The fourth-order valence-electron chi connectivity index (χ4n) is 4.39. The van der Waals surface area contributed by atoms with E-state index in [1.165, 1.54) is 12.8 Å². The molecule has 0 aliphatic heterocycles. The van der Waals surface area contributed by atoms with Crippen LogP contribution in [0.3, 0.4) is 0 Å². The quantitative estimate of drug-likeness (QED) is 0.261. The number of aromatic nitrogens is 5. The topological polar surface area (TPSA) is 130 Å². The van der Waals surface area contributed by atoms with Crippen LogP contribution in [0.2, 0.25) is 0 Å². The molecule has 12 heteroatoms. The second-order valence-corrected chi connectivity index (χ2v) is 9.74. The molecule has 1 saturated carbocycles. The first-order valence-corrected chi connectivity index (χ1v) is 13.7. The maximum Gasteiger partial charge on any atom is 0.213 e. The summed E-state index contributed by atoms with van der Waals surface area (Å²) in [6.07, 6.45) is 4.09. The lowest BCUT2D eigenvalue weighted by Gasteiger charge is -2.16. The van der Waals surface area contributed by atoms with Crippen molar-refractivity contribution in [3.8, 4) is 34.6 Å². The van der Waals surface area contributed by atoms with Crippen LogP contribution < -0.4 is 18.9 Å². The Bertz CT molecular complexity index is 1500. The second kappa shape index (κ2) is 11.3. The third kappa shape index (κ3) is 5.41. The molecule has 0 saturated heterocycles. The monoisotopic (exact) mass is 538 g/mol. The average molecular weight is 539 g/mol. The summed E-state index contributed by atoms with van der Waals surface area (Å²) in [6, 6.07) is 10.9. The molecule has 3 aromatic heterocycles. The van der Waals surface area contributed by atoms with Crippen molar-refractivity contribution in [2.24, 2.45) is 5.92 Å². The number of nitrogens with zero attached hydrogens (tertiary/aromatic N) is 5. The summed E-state index contributed by atoms with van der Waals surface area (Å²) < 4.78 is 44.0. The van der Waals surface area contributed by atoms with Gasteiger partial charge in [-0.1, -0.05) is 25.0 Å². The van der Waals surface area contributed by atoms with E-state index in [0.29, 0.717) is 70.5 Å². The molecule has 0 radical (unpaired) electrons. The molecule has 0 atom stereocenters. The van der Waals surface area contributed by atoms with Gasteiger partial charge in [-0.3, -0.25) is 4.57 Å². The molecule has 0 spiro atoms. The van der Waals surface area contributed by atoms with Crippen LogP contribution in [0.15, 0.2) is 36.4 Å². The summed E-state index contributed by atoms with van der Waals surface area (Å²) in [6.45, 7) is 2.40. The highest BCUT2D eigenvalue weighted by atomic mass is 32.2. The predicted octanol–water partition coefficient (Wildman–Crippen LogP) is 3.25. The van der Waals surface area contributed by atoms with Gasteiger partial charge >= 0.3 is 0 Å². The van der Waals surface area contributed by atoms with Crippen LogP contribution in [-0.2, 0) is 23.9 Å². The number of aryl methyl sites for hydroxylation is 1. The molecule has 1 aromatic carbocycles. The highest BCUT2D eigenvalue weighted by Crippen LogP contribution is 2.38. The van der Waals surface area contributed by atoms with E-state index in [0.717, 1.165) is 12.1 Å². The molecule has 3 heterocycles. The molecule has 38 heavy (non-hydrogen) atoms. The molecule has 0 bridgehead atoms. The SMILES string of the molecule is CCOc1cccc(-c2nc3nc(CCC4CC4)c(CN[SH](=O)=O)nc3n2-c2c(OC)cccc2OC)n1. The van der Waals surface area contributed by atoms with Crippen LogP contribution in [0.25, 0.3) is 28.5 Å². The van der Waals surface area contributed by atoms with Gasteiger partial charge in [0.2, 0.25) is 16.8 Å². The van der Waals surface area contributed by atoms with Gasteiger partial charge < -0.3 is 14.2 Å². The number of pyridine rings is 1. The van der Waals surface area contributed by atoms with E-state index in [9.17, 15) is 8.42 Å². The lowest BCUT2D eigenvalue weighted by Crippen LogP contribution is -2.15. The molecule has 5 rings (SSSR count). The van der Waals surface area contributed by atoms with Gasteiger partial charge in [-0.05, 0) is 43.9 Å². The third-order valence-corrected chi connectivity index (χ3v) is 6.80. The summed E-state index contributed by atoms with van der Waals surface area (Å²) in [5.74, 6) is 2.68. The molecule has 0 amide bonds. The van der Waals surface area contributed by atoms with Crippen molar-refractivity contribution in [3.05, 3.63) is 47.8 Å². The number of hydrogen-bond acceptors (Lipinski definition) is 9. The molecule has 1 aliphatic carbocycles. The van der Waals surface area contributed by atoms with Crippen LogP contribution in [0, 0.1) is 5.92 Å². The Morgan fingerprint density at radius 1 is 0.974 bits per heavy atom. The number of methoxy groups -OCH3 is 2. The van der Waals surface area contributed by atoms with Gasteiger partial charge in [0.05, 0.1) is 38.8 Å². The number of nitrogens with one attached hydrogen (secondary N) is 1. The number of para-hydroxylation sites is 1. The Kier molecular flexibility index (Phi) is 7.70. The van der Waals surface area contributed by atoms with E-state index in [1.807, 2.05) is 37.3 Å². The zero-order valence-corrected chi connectivity index (χ0v) is 22.4. The zero-order chi connectivity index (χ0) is 26.6. The number of ether oxygens (including phenoxy) is 3. The summed E-state index contributed by atoms with van der Waals surface area (Å²) >= 11 is 0. The molecule has 4 aromatic rings. The molecule has 1 fully saturated rings. The number of benzene rings is 1. The highest BCUT2D eigenvalue weighted by molar-refractivity contribution is 7.70. The van der Waals surface area contributed by atoms with Gasteiger partial charge in [0, 0.05) is 6.07 Å². The number of fused-ring (bicyclic) bond motifs is 1. The van der Waals surface area contributed by atoms with E-state index in [2.05, 4.69) is 9.71 Å². The molecule has 1 aliphatic rings. The minimum Gasteiger partial charge on any atom is -0.494 e. The van der Waals surface area contributed by atoms with E-state index in [4.69, 9.17) is 29.2 Å². The van der Waals surface area contributed by atoms with Crippen LogP contribution in [0.1, 0.15) is 37.6 Å². The Labute approximate surface area is 222 Å². The number of hydrogen-bond donors (Lipinski definition) is 2. The smallest absolute Gasteiger partial charge is 0.213 e. The van der Waals surface area contributed by atoms with Gasteiger partial charge in [-0.15, -0.1) is 0 Å². The van der Waals surface area contributed by atoms with Crippen molar-refractivity contribution in [2.45, 2.75) is 39.2 Å². The van der Waals surface area contributed by atoms with Gasteiger partial charge in [0.1, 0.15) is 22.9 Å². The standard InChI is InChI=1S/C26H30N6O5S/c1-4-37-22-10-5-7-18(28-22)25-31-24-26(32(25)23-20(35-2)8-6-9-21(23)36-3)30-19(15-27-38(33)34)17(29-24)14-13-16-11-12-16/h5-10,16,38H,4,11-15H2,1-3H3,(H,27,33,34). The van der Waals surface area contributed by atoms with Gasteiger partial charge in [0.15, 0.2) is 17.1 Å². The fraction of sp³-hybridized carbons (Fsp3) is 0.385. The van der Waals surface area contributed by atoms with E-state index in [1.54, 1.807) is 24.9 Å². The van der Waals surface area contributed by atoms with Gasteiger partial charge in [-0.25, -0.2) is 33.1 Å². The van der Waals surface area contributed by atoms with Crippen LogP contribution in [0.5, 0.6) is 17.4 Å². The van der Waals surface area contributed by atoms with Gasteiger partial charge in [0.25, 0.3) is 0 Å². The minimum absolute atomic E-state index is 0.0310. The second-order valence-electron chi connectivity index (χ2n) is 8.91. The molecule has 0 unspecified atom stereocenters. The Morgan fingerprint density at radius 2 is 1.71 bits per heavy atom. The van der Waals surface area contributed by atoms with Crippen molar-refractivity contribution in [3.63, 3.8) is 0 Å². The van der Waals surface area contributed by atoms with Gasteiger partial charge in [-0.2, -0.15) is 0 Å². The minimum atomic E-state index is -2.80. The fourth-order valence-corrected chi connectivity index (χ4v) is 4.67. The van der Waals surface area contributed by atoms with E-state index in [-0.39, 0.29) is 6.54 Å². The Morgan fingerprint density at radius 3 is 2.37 bits per heavy atom. The first-order valence-electron chi connectivity index (χ1n) is 12.5. The van der Waals surface area contributed by atoms with Crippen LogP contribution >= 0.6 is 0 Å². The van der Waals surface area contributed by atoms with Crippen molar-refractivity contribution >= 4 is 22.2 Å². The summed E-state index contributed by atoms with van der Waals surface area (Å²) in [5.41, 5.74) is 3.25. The lowest BCUT2D eigenvalue weighted by molar-refractivity contribution is 0.327. The Balaban J connectivity index is 1.77. The number of thiol groups is 1. The summed E-state index contributed by atoms with van der Waals surface area (Å²) in [7, 11) is 0.354. The first-order chi connectivity index (χ1) is 18.5. The van der Waals surface area contributed by atoms with Crippen molar-refractivity contribution in [1.82, 2.24) is 29.2 Å². The maximum absolute atomic E-state index is 11.4. The van der Waals surface area contributed by atoms with E-state index >= 15 is 0 Å². The van der Waals surface area contributed by atoms with Crippen LogP contribution in [-0.4, -0.2) is 53.7 Å². The molecular formula is C26H30N6O5S. The highest BCUT2D eigenvalue weighted by Gasteiger charge is 2.26. The summed E-state index contributed by atoms with van der Waals surface area (Å²) in [5, 5.41) is 0. The lowest BCUT2D eigenvalue weighted by atomic mass is 10.1. The van der Waals surface area contributed by atoms with E-state index < -0.39 is 10.9 Å². The molecule has 1 N–H and O–H groups in total. The zero-order valence-electron chi connectivity index (χ0n) is 21.5. The van der Waals surface area contributed by atoms with Crippen LogP contribution in [0.4, 0.5) is 0 Å². The van der Waals surface area contributed by atoms with Crippen molar-refractivity contribution < 1.29 is 22.6 Å². The van der Waals surface area contributed by atoms with Crippen molar-refractivity contribution in [2.75, 3.05) is 20.8 Å².